The fourth-order valence-electron chi connectivity index (χ4n) is 2.55. The van der Waals surface area contributed by atoms with Crippen LogP contribution in [0.5, 0.6) is 0 Å². The number of nitrogens with zero attached hydrogens (tertiary/aromatic N) is 1. The molecule has 1 aliphatic heterocycles. The van der Waals surface area contributed by atoms with Crippen LogP contribution in [0, 0.1) is 5.92 Å². The normalized spacial score (nSPS) is 29.4. The van der Waals surface area contributed by atoms with Crippen molar-refractivity contribution in [1.29, 1.82) is 0 Å². The summed E-state index contributed by atoms with van der Waals surface area (Å²) in [5.41, 5.74) is 7.47. The molecule has 3 unspecified atom stereocenters. The van der Waals surface area contributed by atoms with Crippen molar-refractivity contribution < 1.29 is 0 Å². The highest BCUT2D eigenvalue weighted by atomic mass is 32.2. The lowest BCUT2D eigenvalue weighted by atomic mass is 9.87. The second-order valence-corrected chi connectivity index (χ2v) is 5.83. The number of hydrogen-bond acceptors (Lipinski definition) is 3. The molecule has 0 bridgehead atoms. The third kappa shape index (κ3) is 2.61. The van der Waals surface area contributed by atoms with E-state index in [0.29, 0.717) is 18.0 Å². The zero-order chi connectivity index (χ0) is 12.4. The summed E-state index contributed by atoms with van der Waals surface area (Å²) >= 11 is 1.80. The first-order valence-corrected chi connectivity index (χ1v) is 7.52. The van der Waals surface area contributed by atoms with E-state index in [-0.39, 0.29) is 0 Å². The van der Waals surface area contributed by atoms with Gasteiger partial charge in [-0.2, -0.15) is 0 Å². The highest BCUT2D eigenvalue weighted by molar-refractivity contribution is 7.98. The molecule has 1 saturated heterocycles. The molecule has 3 atom stereocenters. The van der Waals surface area contributed by atoms with Gasteiger partial charge in [0, 0.05) is 29.2 Å². The van der Waals surface area contributed by atoms with Crippen molar-refractivity contribution in [3.63, 3.8) is 0 Å². The van der Waals surface area contributed by atoms with E-state index in [1.165, 1.54) is 10.6 Å². The molecule has 0 aromatic heterocycles. The second-order valence-electron chi connectivity index (χ2n) is 4.95. The summed E-state index contributed by atoms with van der Waals surface area (Å²) in [5.74, 6) is 0.557. The molecule has 94 valence electrons. The predicted octanol–water partition coefficient (Wildman–Crippen LogP) is 2.97. The Bertz CT molecular complexity index is 380. The van der Waals surface area contributed by atoms with Gasteiger partial charge in [-0.3, -0.25) is 0 Å². The van der Waals surface area contributed by atoms with Gasteiger partial charge in [0.05, 0.1) is 0 Å². The van der Waals surface area contributed by atoms with E-state index >= 15 is 0 Å². The standard InChI is InChI=1S/C14H22N2S/c1-10-11(2)16(8-7-14(10)15)12-5-4-6-13(9-12)17-3/h4-6,9-11,14H,7-8,15H2,1-3H3. The van der Waals surface area contributed by atoms with E-state index in [9.17, 15) is 0 Å². The molecule has 2 nitrogen and oxygen atoms in total. The van der Waals surface area contributed by atoms with Crippen LogP contribution in [-0.2, 0) is 0 Å². The Morgan fingerprint density at radius 3 is 2.82 bits per heavy atom. The lowest BCUT2D eigenvalue weighted by Gasteiger charge is -2.43. The summed E-state index contributed by atoms with van der Waals surface area (Å²) < 4.78 is 0. The maximum absolute atomic E-state index is 6.13. The smallest absolute Gasteiger partial charge is 0.0379 e. The van der Waals surface area contributed by atoms with E-state index in [1.807, 2.05) is 0 Å². The molecule has 1 aliphatic rings. The molecular weight excluding hydrogens is 228 g/mol. The maximum atomic E-state index is 6.13. The Morgan fingerprint density at radius 1 is 1.35 bits per heavy atom. The van der Waals surface area contributed by atoms with Gasteiger partial charge < -0.3 is 10.6 Å². The monoisotopic (exact) mass is 250 g/mol. The van der Waals surface area contributed by atoms with Crippen molar-refractivity contribution >= 4 is 17.4 Å². The van der Waals surface area contributed by atoms with E-state index in [0.717, 1.165) is 13.0 Å². The molecule has 2 rings (SSSR count). The van der Waals surface area contributed by atoms with E-state index in [4.69, 9.17) is 5.73 Å². The SMILES string of the molecule is CSc1cccc(N2CCC(N)C(C)C2C)c1. The molecule has 0 spiro atoms. The number of thioether (sulfide) groups is 1. The third-order valence-corrected chi connectivity index (χ3v) is 4.74. The first kappa shape index (κ1) is 12.8. The number of hydrogen-bond donors (Lipinski definition) is 1. The molecular formula is C14H22N2S. The van der Waals surface area contributed by atoms with E-state index < -0.39 is 0 Å². The molecule has 1 aromatic rings. The van der Waals surface area contributed by atoms with Crippen LogP contribution in [0.15, 0.2) is 29.2 Å². The number of anilines is 1. The molecule has 1 heterocycles. The van der Waals surface area contributed by atoms with Crippen LogP contribution >= 0.6 is 11.8 Å². The molecule has 0 amide bonds. The van der Waals surface area contributed by atoms with Crippen molar-refractivity contribution in [2.75, 3.05) is 17.7 Å². The number of rotatable bonds is 2. The number of benzene rings is 1. The number of nitrogens with two attached hydrogens (primary N) is 1. The van der Waals surface area contributed by atoms with Gasteiger partial charge in [-0.1, -0.05) is 13.0 Å². The Hall–Kier alpha value is -0.670. The van der Waals surface area contributed by atoms with Crippen LogP contribution < -0.4 is 10.6 Å². The van der Waals surface area contributed by atoms with Gasteiger partial charge in [0.1, 0.15) is 0 Å². The Labute approximate surface area is 109 Å². The maximum Gasteiger partial charge on any atom is 0.0379 e. The molecule has 0 radical (unpaired) electrons. The second kappa shape index (κ2) is 5.32. The fraction of sp³-hybridized carbons (Fsp3) is 0.571. The van der Waals surface area contributed by atoms with Gasteiger partial charge in [0.25, 0.3) is 0 Å². The number of piperidine rings is 1. The Kier molecular flexibility index (Phi) is 4.00. The first-order chi connectivity index (χ1) is 8.13. The van der Waals surface area contributed by atoms with Gasteiger partial charge >= 0.3 is 0 Å². The largest absolute Gasteiger partial charge is 0.368 e. The van der Waals surface area contributed by atoms with E-state index in [2.05, 4.69) is 49.3 Å². The van der Waals surface area contributed by atoms with Crippen LogP contribution in [0.3, 0.4) is 0 Å². The Balaban J connectivity index is 2.21. The summed E-state index contributed by atoms with van der Waals surface area (Å²) in [6, 6.07) is 9.68. The zero-order valence-corrected chi connectivity index (χ0v) is 11.7. The quantitative estimate of drug-likeness (QED) is 0.818. The van der Waals surface area contributed by atoms with Crippen LogP contribution in [-0.4, -0.2) is 24.9 Å². The fourth-order valence-corrected chi connectivity index (χ4v) is 3.00. The van der Waals surface area contributed by atoms with Crippen molar-refractivity contribution in [2.24, 2.45) is 11.7 Å². The minimum atomic E-state index is 0.352. The molecule has 2 N–H and O–H groups in total. The predicted molar refractivity (Wildman–Crippen MR) is 76.8 cm³/mol. The van der Waals surface area contributed by atoms with Gasteiger partial charge in [-0.15, -0.1) is 11.8 Å². The molecule has 1 aromatic carbocycles. The lowest BCUT2D eigenvalue weighted by molar-refractivity contribution is 0.315. The van der Waals surface area contributed by atoms with Gasteiger partial charge in [-0.25, -0.2) is 0 Å². The average molecular weight is 250 g/mol. The van der Waals surface area contributed by atoms with Crippen molar-refractivity contribution in [2.45, 2.75) is 37.2 Å². The lowest BCUT2D eigenvalue weighted by Crippen LogP contribution is -2.51. The summed E-state index contributed by atoms with van der Waals surface area (Å²) in [4.78, 5) is 3.82. The van der Waals surface area contributed by atoms with Crippen molar-refractivity contribution in [1.82, 2.24) is 0 Å². The molecule has 0 saturated carbocycles. The van der Waals surface area contributed by atoms with E-state index in [1.54, 1.807) is 11.8 Å². The average Bonchev–Trinajstić information content (AvgIpc) is 2.36. The first-order valence-electron chi connectivity index (χ1n) is 6.29. The van der Waals surface area contributed by atoms with Gasteiger partial charge in [0.15, 0.2) is 0 Å². The zero-order valence-electron chi connectivity index (χ0n) is 10.9. The van der Waals surface area contributed by atoms with Gasteiger partial charge in [-0.05, 0) is 43.7 Å². The highest BCUT2D eigenvalue weighted by Gasteiger charge is 2.30. The minimum Gasteiger partial charge on any atom is -0.368 e. The Morgan fingerprint density at radius 2 is 2.12 bits per heavy atom. The van der Waals surface area contributed by atoms with Crippen LogP contribution in [0.25, 0.3) is 0 Å². The van der Waals surface area contributed by atoms with Crippen LogP contribution in [0.4, 0.5) is 5.69 Å². The minimum absolute atomic E-state index is 0.352. The van der Waals surface area contributed by atoms with Crippen LogP contribution in [0.1, 0.15) is 20.3 Å². The molecule has 17 heavy (non-hydrogen) atoms. The summed E-state index contributed by atoms with van der Waals surface area (Å²) in [6.07, 6.45) is 3.21. The molecule has 1 fully saturated rings. The topological polar surface area (TPSA) is 29.3 Å². The third-order valence-electron chi connectivity index (χ3n) is 4.02. The van der Waals surface area contributed by atoms with Crippen molar-refractivity contribution in [3.8, 4) is 0 Å². The highest BCUT2D eigenvalue weighted by Crippen LogP contribution is 2.30. The summed E-state index contributed by atoms with van der Waals surface area (Å²) in [7, 11) is 0. The van der Waals surface area contributed by atoms with Crippen LogP contribution in [0.2, 0.25) is 0 Å². The van der Waals surface area contributed by atoms with Crippen molar-refractivity contribution in [3.05, 3.63) is 24.3 Å². The molecule has 0 aliphatic carbocycles. The summed E-state index contributed by atoms with van der Waals surface area (Å²) in [5, 5.41) is 0. The molecule has 3 heteroatoms. The summed E-state index contributed by atoms with van der Waals surface area (Å²) in [6.45, 7) is 5.62. The van der Waals surface area contributed by atoms with Gasteiger partial charge in [0.2, 0.25) is 0 Å².